The first kappa shape index (κ1) is 24.9. The Morgan fingerprint density at radius 1 is 0.917 bits per heavy atom. The lowest BCUT2D eigenvalue weighted by atomic mass is 10.1. The fraction of sp³-hybridized carbons (Fsp3) is 0.222. The van der Waals surface area contributed by atoms with E-state index >= 15 is 0 Å². The zero-order valence-corrected chi connectivity index (χ0v) is 19.7. The predicted molar refractivity (Wildman–Crippen MR) is 133 cm³/mol. The number of carbonyl (C=O) groups is 3. The number of hydrogen-bond acceptors (Lipinski definition) is 5. The van der Waals surface area contributed by atoms with Crippen molar-refractivity contribution in [1.82, 2.24) is 9.80 Å². The summed E-state index contributed by atoms with van der Waals surface area (Å²) in [5.74, 6) is -0.819. The lowest BCUT2D eigenvalue weighted by molar-refractivity contribution is -0.117. The van der Waals surface area contributed by atoms with Crippen molar-refractivity contribution in [2.45, 2.75) is 6.61 Å². The minimum absolute atomic E-state index is 0.0928. The van der Waals surface area contributed by atoms with Crippen molar-refractivity contribution in [3.8, 4) is 5.75 Å². The Bertz CT molecular complexity index is 1240. The van der Waals surface area contributed by atoms with E-state index in [1.54, 1.807) is 47.4 Å². The number of halogens is 1. The molecule has 1 aliphatic rings. The molecule has 0 aliphatic carbocycles. The van der Waals surface area contributed by atoms with Crippen molar-refractivity contribution in [3.05, 3.63) is 95.3 Å². The summed E-state index contributed by atoms with van der Waals surface area (Å²) in [4.78, 5) is 40.7. The maximum Gasteiger partial charge on any atom is 0.253 e. The number of piperazine rings is 1. The van der Waals surface area contributed by atoms with E-state index < -0.39 is 5.91 Å². The maximum atomic E-state index is 13.1. The number of nitrogens with one attached hydrogen (secondary N) is 1. The molecule has 0 unspecified atom stereocenters. The molecule has 0 radical (unpaired) electrons. The molecule has 1 fully saturated rings. The summed E-state index contributed by atoms with van der Waals surface area (Å²) in [7, 11) is 0. The summed E-state index contributed by atoms with van der Waals surface area (Å²) < 4.78 is 18.8. The van der Waals surface area contributed by atoms with Crippen LogP contribution in [0.15, 0.2) is 72.8 Å². The van der Waals surface area contributed by atoms with Gasteiger partial charge in [0.1, 0.15) is 18.2 Å². The van der Waals surface area contributed by atoms with Crippen LogP contribution in [-0.2, 0) is 11.4 Å². The molecule has 186 valence electrons. The van der Waals surface area contributed by atoms with Crippen molar-refractivity contribution in [1.29, 1.82) is 0 Å². The Kier molecular flexibility index (Phi) is 7.92. The molecule has 1 saturated heterocycles. The molecular formula is C27H27FN4O4. The first-order chi connectivity index (χ1) is 17.4. The van der Waals surface area contributed by atoms with Gasteiger partial charge in [0.25, 0.3) is 11.8 Å². The fourth-order valence-corrected chi connectivity index (χ4v) is 3.98. The largest absolute Gasteiger partial charge is 0.488 e. The van der Waals surface area contributed by atoms with Crippen molar-refractivity contribution in [2.24, 2.45) is 5.73 Å². The van der Waals surface area contributed by atoms with E-state index in [4.69, 9.17) is 10.5 Å². The van der Waals surface area contributed by atoms with E-state index in [0.29, 0.717) is 48.7 Å². The molecule has 8 nitrogen and oxygen atoms in total. The van der Waals surface area contributed by atoms with Gasteiger partial charge in [-0.2, -0.15) is 0 Å². The van der Waals surface area contributed by atoms with Crippen molar-refractivity contribution in [2.75, 3.05) is 38.0 Å². The standard InChI is InChI=1S/C27H27FN4O4/c28-21-8-10-22(11-9-21)30-25(33)17-31-12-14-32(15-13-31)27(35)20-5-3-4-19(16-20)18-36-24-7-2-1-6-23(24)26(29)34/h1-11,16H,12-15,17-18H2,(H2,29,34)(H,30,33). The summed E-state index contributed by atoms with van der Waals surface area (Å²) in [6.07, 6.45) is 0. The number of primary amides is 1. The average molecular weight is 491 g/mol. The maximum absolute atomic E-state index is 13.1. The molecular weight excluding hydrogens is 463 g/mol. The van der Waals surface area contributed by atoms with E-state index in [-0.39, 0.29) is 30.8 Å². The topological polar surface area (TPSA) is 105 Å². The number of rotatable bonds is 8. The quantitative estimate of drug-likeness (QED) is 0.505. The Balaban J connectivity index is 1.28. The van der Waals surface area contributed by atoms with E-state index in [1.165, 1.54) is 24.3 Å². The number of para-hydroxylation sites is 1. The summed E-state index contributed by atoms with van der Waals surface area (Å²) in [5.41, 5.74) is 7.57. The normalized spacial score (nSPS) is 13.8. The Morgan fingerprint density at radius 3 is 2.36 bits per heavy atom. The highest BCUT2D eigenvalue weighted by Crippen LogP contribution is 2.19. The second-order valence-electron chi connectivity index (χ2n) is 8.47. The SMILES string of the molecule is NC(=O)c1ccccc1OCc1cccc(C(=O)N2CCN(CC(=O)Nc3ccc(F)cc3)CC2)c1. The Labute approximate surface area is 208 Å². The summed E-state index contributed by atoms with van der Waals surface area (Å²) in [5, 5.41) is 2.75. The second kappa shape index (κ2) is 11.5. The van der Waals surface area contributed by atoms with Gasteiger partial charge in [0, 0.05) is 37.4 Å². The van der Waals surface area contributed by atoms with Gasteiger partial charge in [0.2, 0.25) is 5.91 Å². The first-order valence-electron chi connectivity index (χ1n) is 11.6. The molecule has 4 rings (SSSR count). The van der Waals surface area contributed by atoms with Crippen molar-refractivity contribution in [3.63, 3.8) is 0 Å². The molecule has 0 spiro atoms. The van der Waals surface area contributed by atoms with Gasteiger partial charge < -0.3 is 20.7 Å². The van der Waals surface area contributed by atoms with Crippen LogP contribution in [0.2, 0.25) is 0 Å². The molecule has 0 atom stereocenters. The Hall–Kier alpha value is -4.24. The van der Waals surface area contributed by atoms with Gasteiger partial charge in [0.05, 0.1) is 12.1 Å². The molecule has 3 aromatic rings. The summed E-state index contributed by atoms with van der Waals surface area (Å²) in [6, 6.07) is 19.5. The highest BCUT2D eigenvalue weighted by Gasteiger charge is 2.23. The summed E-state index contributed by atoms with van der Waals surface area (Å²) in [6.45, 7) is 2.50. The molecule has 3 amide bonds. The molecule has 3 N–H and O–H groups in total. The third-order valence-electron chi connectivity index (χ3n) is 5.88. The second-order valence-corrected chi connectivity index (χ2v) is 8.47. The van der Waals surface area contributed by atoms with Crippen LogP contribution in [0.4, 0.5) is 10.1 Å². The van der Waals surface area contributed by atoms with E-state index in [9.17, 15) is 18.8 Å². The number of ether oxygens (including phenoxy) is 1. The van der Waals surface area contributed by atoms with E-state index in [2.05, 4.69) is 5.32 Å². The van der Waals surface area contributed by atoms with Crippen LogP contribution in [0.5, 0.6) is 5.75 Å². The molecule has 0 bridgehead atoms. The minimum atomic E-state index is -0.568. The van der Waals surface area contributed by atoms with Gasteiger partial charge in [-0.25, -0.2) is 4.39 Å². The fourth-order valence-electron chi connectivity index (χ4n) is 3.98. The van der Waals surface area contributed by atoms with Gasteiger partial charge >= 0.3 is 0 Å². The predicted octanol–water partition coefficient (Wildman–Crippen LogP) is 2.90. The van der Waals surface area contributed by atoms with E-state index in [0.717, 1.165) is 5.56 Å². The third kappa shape index (κ3) is 6.45. The van der Waals surface area contributed by atoms with Crippen LogP contribution in [0.25, 0.3) is 0 Å². The number of nitrogens with zero attached hydrogens (tertiary/aromatic N) is 2. The van der Waals surface area contributed by atoms with Crippen LogP contribution in [0.1, 0.15) is 26.3 Å². The number of benzene rings is 3. The highest BCUT2D eigenvalue weighted by molar-refractivity contribution is 5.96. The van der Waals surface area contributed by atoms with Gasteiger partial charge in [-0.3, -0.25) is 19.3 Å². The third-order valence-corrected chi connectivity index (χ3v) is 5.88. The molecule has 0 aromatic heterocycles. The van der Waals surface area contributed by atoms with Crippen LogP contribution < -0.4 is 15.8 Å². The molecule has 3 aromatic carbocycles. The number of hydrogen-bond donors (Lipinski definition) is 2. The van der Waals surface area contributed by atoms with Gasteiger partial charge in [0.15, 0.2) is 0 Å². The van der Waals surface area contributed by atoms with Crippen LogP contribution in [-0.4, -0.2) is 60.2 Å². The smallest absolute Gasteiger partial charge is 0.253 e. The number of carbonyl (C=O) groups excluding carboxylic acids is 3. The zero-order chi connectivity index (χ0) is 25.5. The van der Waals surface area contributed by atoms with Crippen LogP contribution in [0, 0.1) is 5.82 Å². The zero-order valence-electron chi connectivity index (χ0n) is 19.7. The van der Waals surface area contributed by atoms with Crippen LogP contribution in [0.3, 0.4) is 0 Å². The van der Waals surface area contributed by atoms with Crippen molar-refractivity contribution >= 4 is 23.4 Å². The molecule has 1 aliphatic heterocycles. The molecule has 9 heteroatoms. The minimum Gasteiger partial charge on any atom is -0.488 e. The van der Waals surface area contributed by atoms with Crippen molar-refractivity contribution < 1.29 is 23.5 Å². The number of anilines is 1. The monoisotopic (exact) mass is 490 g/mol. The summed E-state index contributed by atoms with van der Waals surface area (Å²) >= 11 is 0. The molecule has 36 heavy (non-hydrogen) atoms. The van der Waals surface area contributed by atoms with Gasteiger partial charge in [-0.1, -0.05) is 24.3 Å². The molecule has 1 heterocycles. The van der Waals surface area contributed by atoms with E-state index in [1.807, 2.05) is 11.0 Å². The van der Waals surface area contributed by atoms with Gasteiger partial charge in [-0.05, 0) is 54.1 Å². The number of amides is 3. The lowest BCUT2D eigenvalue weighted by Crippen LogP contribution is -2.50. The lowest BCUT2D eigenvalue weighted by Gasteiger charge is -2.34. The van der Waals surface area contributed by atoms with Crippen LogP contribution >= 0.6 is 0 Å². The first-order valence-corrected chi connectivity index (χ1v) is 11.6. The Morgan fingerprint density at radius 2 is 1.64 bits per heavy atom. The highest BCUT2D eigenvalue weighted by atomic mass is 19.1. The average Bonchev–Trinajstić information content (AvgIpc) is 2.89. The number of nitrogens with two attached hydrogens (primary N) is 1. The van der Waals surface area contributed by atoms with Gasteiger partial charge in [-0.15, -0.1) is 0 Å². The molecule has 0 saturated carbocycles.